The Bertz CT molecular complexity index is 757. The fourth-order valence-corrected chi connectivity index (χ4v) is 5.14. The second-order valence-electron chi connectivity index (χ2n) is 5.12. The van der Waals surface area contributed by atoms with Crippen LogP contribution in [0.15, 0.2) is 23.1 Å². The molecule has 2 rings (SSSR count). The molecule has 0 radical (unpaired) electrons. The van der Waals surface area contributed by atoms with Crippen LogP contribution >= 0.6 is 0 Å². The van der Waals surface area contributed by atoms with Crippen LogP contribution < -0.4 is 9.47 Å². The van der Waals surface area contributed by atoms with Crippen molar-refractivity contribution in [1.29, 1.82) is 0 Å². The Morgan fingerprint density at radius 2 is 1.82 bits per heavy atom. The zero-order valence-electron chi connectivity index (χ0n) is 12.6. The molecule has 1 aliphatic rings. The number of ether oxygens (including phenoxy) is 2. The van der Waals surface area contributed by atoms with E-state index in [4.69, 9.17) is 9.47 Å². The maximum Gasteiger partial charge on any atom is 0.246 e. The van der Waals surface area contributed by atoms with Gasteiger partial charge in [0, 0.05) is 25.4 Å². The molecule has 7 nitrogen and oxygen atoms in total. The van der Waals surface area contributed by atoms with Crippen molar-refractivity contribution in [2.24, 2.45) is 0 Å². The van der Waals surface area contributed by atoms with Crippen LogP contribution in [0, 0.1) is 0 Å². The molecule has 1 atom stereocenters. The molecule has 0 saturated carbocycles. The number of hydrogen-bond donors (Lipinski definition) is 0. The predicted octanol–water partition coefficient (Wildman–Crippen LogP) is 0.511. The number of rotatable bonds is 5. The topological polar surface area (TPSA) is 90.0 Å². The van der Waals surface area contributed by atoms with Crippen molar-refractivity contribution in [3.05, 3.63) is 18.2 Å². The average Bonchev–Trinajstić information content (AvgIpc) is 2.97. The van der Waals surface area contributed by atoms with Crippen LogP contribution in [-0.4, -0.2) is 60.0 Å². The largest absolute Gasteiger partial charge is 0.497 e. The number of sulfonamides is 1. The normalized spacial score (nSPS) is 20.0. The molecule has 0 bridgehead atoms. The molecule has 0 aromatic heterocycles. The van der Waals surface area contributed by atoms with E-state index in [2.05, 4.69) is 0 Å². The smallest absolute Gasteiger partial charge is 0.246 e. The third-order valence-electron chi connectivity index (χ3n) is 3.70. The third kappa shape index (κ3) is 3.21. The summed E-state index contributed by atoms with van der Waals surface area (Å²) in [4.78, 5) is -0.0245. The van der Waals surface area contributed by atoms with Gasteiger partial charge in [-0.25, -0.2) is 16.8 Å². The molecule has 0 aliphatic carbocycles. The van der Waals surface area contributed by atoms with Crippen LogP contribution in [0.2, 0.25) is 0 Å². The minimum atomic E-state index is -3.84. The van der Waals surface area contributed by atoms with Gasteiger partial charge in [0.15, 0.2) is 9.84 Å². The summed E-state index contributed by atoms with van der Waals surface area (Å²) in [6.45, 7) is 0.127. The van der Waals surface area contributed by atoms with E-state index in [0.29, 0.717) is 12.2 Å². The van der Waals surface area contributed by atoms with E-state index in [1.807, 2.05) is 0 Å². The first-order valence-electron chi connectivity index (χ1n) is 6.61. The Hall–Kier alpha value is -1.32. The van der Waals surface area contributed by atoms with E-state index < -0.39 is 25.1 Å². The van der Waals surface area contributed by atoms with Gasteiger partial charge in [-0.3, -0.25) is 0 Å². The van der Waals surface area contributed by atoms with E-state index in [-0.39, 0.29) is 23.7 Å². The van der Waals surface area contributed by atoms with Crippen LogP contribution in [0.4, 0.5) is 0 Å². The lowest BCUT2D eigenvalue weighted by molar-refractivity contribution is 0.388. The fraction of sp³-hybridized carbons (Fsp3) is 0.538. The highest BCUT2D eigenvalue weighted by molar-refractivity contribution is 7.91. The Balaban J connectivity index is 2.40. The van der Waals surface area contributed by atoms with Crippen molar-refractivity contribution in [2.75, 3.05) is 33.6 Å². The highest BCUT2D eigenvalue weighted by Crippen LogP contribution is 2.32. The van der Waals surface area contributed by atoms with Gasteiger partial charge in [-0.15, -0.1) is 0 Å². The minimum absolute atomic E-state index is 0.0245. The van der Waals surface area contributed by atoms with Crippen LogP contribution in [0.5, 0.6) is 11.5 Å². The van der Waals surface area contributed by atoms with Gasteiger partial charge >= 0.3 is 0 Å². The number of nitrogens with zero attached hydrogens (tertiary/aromatic N) is 1. The Morgan fingerprint density at radius 1 is 1.14 bits per heavy atom. The fourth-order valence-electron chi connectivity index (χ4n) is 2.39. The van der Waals surface area contributed by atoms with Gasteiger partial charge in [-0.1, -0.05) is 0 Å². The van der Waals surface area contributed by atoms with Crippen molar-refractivity contribution < 1.29 is 26.3 Å². The first kappa shape index (κ1) is 17.0. The number of methoxy groups -OCH3 is 2. The van der Waals surface area contributed by atoms with E-state index >= 15 is 0 Å². The van der Waals surface area contributed by atoms with E-state index in [1.165, 1.54) is 30.7 Å². The van der Waals surface area contributed by atoms with Gasteiger partial charge in [0.2, 0.25) is 10.0 Å². The lowest BCUT2D eigenvalue weighted by Gasteiger charge is -2.18. The zero-order chi connectivity index (χ0) is 16.5. The first-order chi connectivity index (χ1) is 10.2. The van der Waals surface area contributed by atoms with Crippen molar-refractivity contribution in [3.8, 4) is 11.5 Å². The summed E-state index contributed by atoms with van der Waals surface area (Å²) >= 11 is 0. The lowest BCUT2D eigenvalue weighted by Crippen LogP contribution is -2.31. The number of hydrogen-bond acceptors (Lipinski definition) is 6. The molecule has 1 aromatic carbocycles. The van der Waals surface area contributed by atoms with E-state index in [0.717, 1.165) is 6.26 Å². The Kier molecular flexibility index (Phi) is 4.69. The first-order valence-corrected chi connectivity index (χ1v) is 10.0. The highest BCUT2D eigenvalue weighted by Gasteiger charge is 2.38. The molecular formula is C13H19NO6S2. The molecule has 0 amide bonds. The Morgan fingerprint density at radius 3 is 2.32 bits per heavy atom. The van der Waals surface area contributed by atoms with Gasteiger partial charge < -0.3 is 9.47 Å². The standard InChI is InChI=1S/C13H19NO6S2/c1-19-10-4-5-12(20-2)13(8-10)22(17,18)14-7-6-11(9-14)21(3,15)16/h4-5,8,11H,6-7,9H2,1-3H3/t11-/m1/s1. The molecule has 1 saturated heterocycles. The molecular weight excluding hydrogens is 330 g/mol. The quantitative estimate of drug-likeness (QED) is 0.769. The average molecular weight is 349 g/mol. The van der Waals surface area contributed by atoms with Crippen molar-refractivity contribution >= 4 is 19.9 Å². The predicted molar refractivity (Wildman–Crippen MR) is 81.6 cm³/mol. The summed E-state index contributed by atoms with van der Waals surface area (Å²) in [5.41, 5.74) is 0. The highest BCUT2D eigenvalue weighted by atomic mass is 32.2. The summed E-state index contributed by atoms with van der Waals surface area (Å²) in [5, 5.41) is -0.668. The van der Waals surface area contributed by atoms with Gasteiger partial charge in [0.1, 0.15) is 16.4 Å². The second kappa shape index (κ2) is 6.05. The summed E-state index contributed by atoms with van der Waals surface area (Å²) in [6.07, 6.45) is 1.42. The van der Waals surface area contributed by atoms with Crippen LogP contribution in [0.1, 0.15) is 6.42 Å². The summed E-state index contributed by atoms with van der Waals surface area (Å²) < 4.78 is 60.0. The van der Waals surface area contributed by atoms with Gasteiger partial charge in [-0.05, 0) is 18.6 Å². The third-order valence-corrected chi connectivity index (χ3v) is 7.18. The maximum absolute atomic E-state index is 12.8. The van der Waals surface area contributed by atoms with Crippen molar-refractivity contribution in [2.45, 2.75) is 16.6 Å². The molecule has 1 fully saturated rings. The van der Waals surface area contributed by atoms with Gasteiger partial charge in [0.25, 0.3) is 0 Å². The van der Waals surface area contributed by atoms with E-state index in [1.54, 1.807) is 6.07 Å². The van der Waals surface area contributed by atoms with Crippen LogP contribution in [0.25, 0.3) is 0 Å². The number of sulfone groups is 1. The van der Waals surface area contributed by atoms with Gasteiger partial charge in [-0.2, -0.15) is 4.31 Å². The van der Waals surface area contributed by atoms with E-state index in [9.17, 15) is 16.8 Å². The SMILES string of the molecule is COc1ccc(OC)c(S(=O)(=O)N2CC[C@@H](S(C)(=O)=O)C2)c1. The Labute approximate surface area is 130 Å². The molecule has 1 heterocycles. The molecule has 9 heteroatoms. The van der Waals surface area contributed by atoms with Crippen molar-refractivity contribution in [1.82, 2.24) is 4.31 Å². The van der Waals surface area contributed by atoms with Crippen LogP contribution in [0.3, 0.4) is 0 Å². The summed E-state index contributed by atoms with van der Waals surface area (Å²) in [6, 6.07) is 4.49. The lowest BCUT2D eigenvalue weighted by atomic mass is 10.3. The molecule has 124 valence electrons. The molecule has 0 spiro atoms. The summed E-state index contributed by atoms with van der Waals surface area (Å²) in [5.74, 6) is 0.585. The van der Waals surface area contributed by atoms with Gasteiger partial charge in [0.05, 0.1) is 19.5 Å². The monoisotopic (exact) mass is 349 g/mol. The molecule has 1 aromatic rings. The number of benzene rings is 1. The molecule has 22 heavy (non-hydrogen) atoms. The molecule has 1 aliphatic heterocycles. The van der Waals surface area contributed by atoms with Crippen molar-refractivity contribution in [3.63, 3.8) is 0 Å². The minimum Gasteiger partial charge on any atom is -0.497 e. The molecule has 0 N–H and O–H groups in total. The maximum atomic E-state index is 12.8. The second-order valence-corrected chi connectivity index (χ2v) is 9.35. The van der Waals surface area contributed by atoms with Crippen LogP contribution in [-0.2, 0) is 19.9 Å². The molecule has 0 unspecified atom stereocenters. The zero-order valence-corrected chi connectivity index (χ0v) is 14.3. The summed E-state index contributed by atoms with van der Waals surface area (Å²) in [7, 11) is -4.29.